The fraction of sp³-hybridized carbons (Fsp3) is 0.571. The van der Waals surface area contributed by atoms with Crippen molar-refractivity contribution in [3.05, 3.63) is 35.9 Å². The molecule has 0 aromatic heterocycles. The molecule has 0 bridgehead atoms. The highest BCUT2D eigenvalue weighted by atomic mass is 14.6. The van der Waals surface area contributed by atoms with Crippen LogP contribution in [0, 0.1) is 5.41 Å². The SMILES string of the molecule is CC(C)(CCN)C1(c2ccccc2)CC1. The Hall–Kier alpha value is -0.820. The van der Waals surface area contributed by atoms with Crippen LogP contribution < -0.4 is 5.73 Å². The van der Waals surface area contributed by atoms with Crippen LogP contribution in [0.1, 0.15) is 38.7 Å². The van der Waals surface area contributed by atoms with Crippen molar-refractivity contribution in [1.82, 2.24) is 0 Å². The predicted octanol–water partition coefficient (Wildman–Crippen LogP) is 3.09. The van der Waals surface area contributed by atoms with Crippen LogP contribution in [0.25, 0.3) is 0 Å². The van der Waals surface area contributed by atoms with Gasteiger partial charge in [-0.2, -0.15) is 0 Å². The lowest BCUT2D eigenvalue weighted by Gasteiger charge is -2.35. The molecule has 1 aliphatic carbocycles. The summed E-state index contributed by atoms with van der Waals surface area (Å²) < 4.78 is 0. The van der Waals surface area contributed by atoms with Gasteiger partial charge in [-0.1, -0.05) is 44.2 Å². The molecule has 0 saturated heterocycles. The van der Waals surface area contributed by atoms with E-state index in [1.165, 1.54) is 18.4 Å². The Morgan fingerprint density at radius 1 is 1.20 bits per heavy atom. The quantitative estimate of drug-likeness (QED) is 0.799. The summed E-state index contributed by atoms with van der Waals surface area (Å²) >= 11 is 0. The highest BCUT2D eigenvalue weighted by molar-refractivity contribution is 5.34. The first-order valence-corrected chi connectivity index (χ1v) is 5.88. The van der Waals surface area contributed by atoms with Gasteiger partial charge < -0.3 is 5.73 Å². The van der Waals surface area contributed by atoms with Gasteiger partial charge in [0.05, 0.1) is 0 Å². The second-order valence-corrected chi connectivity index (χ2v) is 5.37. The van der Waals surface area contributed by atoms with Gasteiger partial charge in [-0.25, -0.2) is 0 Å². The standard InChI is InChI=1S/C14H21N/c1-13(2,10-11-15)14(8-9-14)12-6-4-3-5-7-12/h3-7H,8-11,15H2,1-2H3. The van der Waals surface area contributed by atoms with Crippen molar-refractivity contribution in [3.63, 3.8) is 0 Å². The molecule has 0 aliphatic heterocycles. The minimum absolute atomic E-state index is 0.336. The number of benzene rings is 1. The fourth-order valence-corrected chi connectivity index (χ4v) is 2.84. The summed E-state index contributed by atoms with van der Waals surface area (Å²) in [5.41, 5.74) is 7.97. The molecule has 0 amide bonds. The van der Waals surface area contributed by atoms with E-state index in [2.05, 4.69) is 44.2 Å². The summed E-state index contributed by atoms with van der Waals surface area (Å²) in [6.45, 7) is 5.52. The van der Waals surface area contributed by atoms with Gasteiger partial charge in [0.25, 0.3) is 0 Å². The van der Waals surface area contributed by atoms with E-state index < -0.39 is 0 Å². The van der Waals surface area contributed by atoms with E-state index in [1.54, 1.807) is 0 Å². The molecular weight excluding hydrogens is 182 g/mol. The molecule has 15 heavy (non-hydrogen) atoms. The third-order valence-corrected chi connectivity index (χ3v) is 4.14. The molecule has 0 unspecified atom stereocenters. The summed E-state index contributed by atoms with van der Waals surface area (Å²) in [5.74, 6) is 0. The average molecular weight is 203 g/mol. The summed E-state index contributed by atoms with van der Waals surface area (Å²) in [6, 6.07) is 10.9. The van der Waals surface area contributed by atoms with Gasteiger partial charge in [-0.3, -0.25) is 0 Å². The van der Waals surface area contributed by atoms with Gasteiger partial charge in [0.1, 0.15) is 0 Å². The zero-order valence-electron chi connectivity index (χ0n) is 9.79. The number of rotatable bonds is 4. The third kappa shape index (κ3) is 1.69. The average Bonchev–Trinajstić information content (AvgIpc) is 3.00. The molecule has 1 saturated carbocycles. The Kier molecular flexibility index (Phi) is 2.59. The summed E-state index contributed by atoms with van der Waals surface area (Å²) in [5, 5.41) is 0. The topological polar surface area (TPSA) is 26.0 Å². The highest BCUT2D eigenvalue weighted by Gasteiger charge is 2.54. The van der Waals surface area contributed by atoms with Crippen LogP contribution in [0.5, 0.6) is 0 Å². The Balaban J connectivity index is 2.28. The fourth-order valence-electron chi connectivity index (χ4n) is 2.84. The molecule has 1 aromatic rings. The van der Waals surface area contributed by atoms with Crippen LogP contribution in [-0.2, 0) is 5.41 Å². The minimum Gasteiger partial charge on any atom is -0.330 e. The lowest BCUT2D eigenvalue weighted by atomic mass is 9.70. The highest BCUT2D eigenvalue weighted by Crippen LogP contribution is 2.60. The van der Waals surface area contributed by atoms with Gasteiger partial charge in [0.15, 0.2) is 0 Å². The van der Waals surface area contributed by atoms with E-state index >= 15 is 0 Å². The van der Waals surface area contributed by atoms with Crippen molar-refractivity contribution in [1.29, 1.82) is 0 Å². The first-order chi connectivity index (χ1) is 7.12. The van der Waals surface area contributed by atoms with Crippen LogP contribution >= 0.6 is 0 Å². The predicted molar refractivity (Wildman–Crippen MR) is 64.8 cm³/mol. The maximum absolute atomic E-state index is 5.72. The van der Waals surface area contributed by atoms with E-state index in [1.807, 2.05) is 0 Å². The lowest BCUT2D eigenvalue weighted by molar-refractivity contribution is 0.246. The van der Waals surface area contributed by atoms with Gasteiger partial charge in [0.2, 0.25) is 0 Å². The number of nitrogens with two attached hydrogens (primary N) is 1. The zero-order valence-corrected chi connectivity index (χ0v) is 9.79. The molecule has 1 aromatic carbocycles. The summed E-state index contributed by atoms with van der Waals surface area (Å²) in [6.07, 6.45) is 3.76. The third-order valence-electron chi connectivity index (χ3n) is 4.14. The Labute approximate surface area is 92.7 Å². The van der Waals surface area contributed by atoms with Gasteiger partial charge in [-0.15, -0.1) is 0 Å². The van der Waals surface area contributed by atoms with Crippen molar-refractivity contribution >= 4 is 0 Å². The Bertz CT molecular complexity index is 322. The van der Waals surface area contributed by atoms with Crippen LogP contribution in [0.3, 0.4) is 0 Å². The number of hydrogen-bond acceptors (Lipinski definition) is 1. The molecule has 1 aliphatic rings. The summed E-state index contributed by atoms with van der Waals surface area (Å²) in [4.78, 5) is 0. The normalized spacial score (nSPS) is 18.9. The van der Waals surface area contributed by atoms with Crippen molar-refractivity contribution in [2.24, 2.45) is 11.1 Å². The molecule has 2 N–H and O–H groups in total. The lowest BCUT2D eigenvalue weighted by Crippen LogP contribution is -2.31. The van der Waals surface area contributed by atoms with Gasteiger partial charge in [0, 0.05) is 5.41 Å². The smallest absolute Gasteiger partial charge is 0.000523 e. The van der Waals surface area contributed by atoms with Crippen molar-refractivity contribution in [3.8, 4) is 0 Å². The zero-order chi connectivity index (χ0) is 10.9. The monoisotopic (exact) mass is 203 g/mol. The van der Waals surface area contributed by atoms with E-state index in [0.717, 1.165) is 13.0 Å². The molecule has 2 rings (SSSR count). The largest absolute Gasteiger partial charge is 0.330 e. The molecule has 0 atom stereocenters. The second kappa shape index (κ2) is 3.64. The van der Waals surface area contributed by atoms with Crippen molar-refractivity contribution in [2.75, 3.05) is 6.54 Å². The van der Waals surface area contributed by atoms with Crippen LogP contribution in [0.15, 0.2) is 30.3 Å². The first kappa shape index (κ1) is 10.7. The minimum atomic E-state index is 0.336. The van der Waals surface area contributed by atoms with Crippen molar-refractivity contribution in [2.45, 2.75) is 38.5 Å². The maximum Gasteiger partial charge on any atom is 0.000523 e. The molecule has 1 heteroatoms. The van der Waals surface area contributed by atoms with Crippen LogP contribution in [-0.4, -0.2) is 6.54 Å². The van der Waals surface area contributed by atoms with E-state index in [-0.39, 0.29) is 0 Å². The van der Waals surface area contributed by atoms with Crippen LogP contribution in [0.4, 0.5) is 0 Å². The molecule has 0 heterocycles. The molecule has 0 radical (unpaired) electrons. The van der Waals surface area contributed by atoms with E-state index in [4.69, 9.17) is 5.73 Å². The first-order valence-electron chi connectivity index (χ1n) is 5.88. The van der Waals surface area contributed by atoms with Gasteiger partial charge in [-0.05, 0) is 36.8 Å². The van der Waals surface area contributed by atoms with Crippen LogP contribution in [0.2, 0.25) is 0 Å². The maximum atomic E-state index is 5.72. The van der Waals surface area contributed by atoms with Crippen molar-refractivity contribution < 1.29 is 0 Å². The summed E-state index contributed by atoms with van der Waals surface area (Å²) in [7, 11) is 0. The van der Waals surface area contributed by atoms with Gasteiger partial charge >= 0.3 is 0 Å². The Morgan fingerprint density at radius 3 is 2.27 bits per heavy atom. The molecule has 0 spiro atoms. The molecular formula is C14H21N. The van der Waals surface area contributed by atoms with E-state index in [0.29, 0.717) is 10.8 Å². The second-order valence-electron chi connectivity index (χ2n) is 5.37. The van der Waals surface area contributed by atoms with E-state index in [9.17, 15) is 0 Å². The molecule has 82 valence electrons. The Morgan fingerprint density at radius 2 is 1.80 bits per heavy atom. The molecule has 1 fully saturated rings. The molecule has 1 nitrogen and oxygen atoms in total. The number of hydrogen-bond donors (Lipinski definition) is 1.